The summed E-state index contributed by atoms with van der Waals surface area (Å²) in [5.41, 5.74) is -0.788. The second-order valence-electron chi connectivity index (χ2n) is 12.8. The van der Waals surface area contributed by atoms with Gasteiger partial charge in [-0.1, -0.05) is 99.6 Å². The number of ether oxygens (including phenoxy) is 1. The summed E-state index contributed by atoms with van der Waals surface area (Å²) in [5.74, 6) is -1.33. The van der Waals surface area contributed by atoms with Crippen molar-refractivity contribution >= 4 is 30.6 Å². The summed E-state index contributed by atoms with van der Waals surface area (Å²) in [7, 11) is -2.87. The number of carbonyl (C=O) groups is 2. The van der Waals surface area contributed by atoms with E-state index in [-0.39, 0.29) is 46.6 Å². The maximum absolute atomic E-state index is 13.6. The highest BCUT2D eigenvalue weighted by Crippen LogP contribution is 2.42. The molecule has 0 bridgehead atoms. The van der Waals surface area contributed by atoms with E-state index >= 15 is 0 Å². The molecule has 0 N–H and O–H groups in total. The number of esters is 1. The quantitative estimate of drug-likeness (QED) is 0.205. The highest BCUT2D eigenvalue weighted by molar-refractivity contribution is 6.99. The van der Waals surface area contributed by atoms with Gasteiger partial charge in [0.25, 0.3) is 19.8 Å². The number of nitrogens with zero attached hydrogens (tertiary/aromatic N) is 2. The van der Waals surface area contributed by atoms with Gasteiger partial charge in [0.15, 0.2) is 0 Å². The topological polar surface area (TPSA) is 96.6 Å². The zero-order chi connectivity index (χ0) is 32.4. The Kier molecular flexibility index (Phi) is 9.22. The van der Waals surface area contributed by atoms with Gasteiger partial charge >= 0.3 is 11.7 Å². The Balaban J connectivity index is 1.50. The predicted molar refractivity (Wildman–Crippen MR) is 177 cm³/mol. The number of aryl methyl sites for hydroxylation is 1. The number of hydrogen-bond donors (Lipinski definition) is 0. The third-order valence-corrected chi connectivity index (χ3v) is 13.8. The second kappa shape index (κ2) is 12.9. The average molecular weight is 625 g/mol. The number of carbonyl (C=O) groups excluding carboxylic acids is 2. The maximum Gasteiger partial charge on any atom is 0.338 e. The van der Waals surface area contributed by atoms with Crippen LogP contribution in [0.4, 0.5) is 0 Å². The van der Waals surface area contributed by atoms with Crippen LogP contribution >= 0.6 is 0 Å². The Bertz CT molecular complexity index is 1740. The Labute approximate surface area is 264 Å². The first-order valence-electron chi connectivity index (χ1n) is 15.3. The molecule has 1 heterocycles. The molecular weight excluding hydrogens is 584 g/mol. The minimum absolute atomic E-state index is 0.0950. The molecule has 1 fully saturated rings. The van der Waals surface area contributed by atoms with E-state index in [2.05, 4.69) is 45.0 Å². The van der Waals surface area contributed by atoms with Crippen LogP contribution in [0.5, 0.6) is 0 Å². The standard InChI is InChI=1S/C36H40N2O6Si/c1-25-22-37(35(42)38(33(25)40)34(41)27-15-9-6-10-16-27)23-28-21-32(44-26(2)39)31(28)24-43-45(36(3,4)5,29-17-11-7-12-18-29)30-19-13-8-14-20-30/h6-20,22,28,31-32H,21,23-24H2,1-5H3/t28-,31+,32+/m0/s1. The molecule has 1 aliphatic carbocycles. The highest BCUT2D eigenvalue weighted by atomic mass is 28.4. The Morgan fingerprint density at radius 3 is 1.91 bits per heavy atom. The van der Waals surface area contributed by atoms with Crippen molar-refractivity contribution in [1.82, 2.24) is 9.13 Å². The first-order valence-corrected chi connectivity index (χ1v) is 17.2. The molecular formula is C36H40N2O6Si. The van der Waals surface area contributed by atoms with E-state index in [1.54, 1.807) is 37.3 Å². The van der Waals surface area contributed by atoms with Gasteiger partial charge in [0.2, 0.25) is 0 Å². The molecule has 1 aromatic heterocycles. The fourth-order valence-corrected chi connectivity index (χ4v) is 11.1. The average Bonchev–Trinajstić information content (AvgIpc) is 3.01. The SMILES string of the molecule is CC(=O)O[C@@H]1C[C@@H](Cn2cc(C)c(=O)n(C(=O)c3ccccc3)c2=O)[C@H]1CO[Si](c1ccccc1)(c1ccccc1)C(C)(C)C. The molecule has 0 saturated heterocycles. The summed E-state index contributed by atoms with van der Waals surface area (Å²) in [5, 5.41) is 2.04. The van der Waals surface area contributed by atoms with E-state index in [9.17, 15) is 19.2 Å². The van der Waals surface area contributed by atoms with Crippen molar-refractivity contribution in [2.24, 2.45) is 11.8 Å². The number of rotatable bonds is 9. The molecule has 234 valence electrons. The van der Waals surface area contributed by atoms with Gasteiger partial charge in [-0.25, -0.2) is 4.79 Å². The summed E-state index contributed by atoms with van der Waals surface area (Å²) in [4.78, 5) is 51.9. The van der Waals surface area contributed by atoms with Crippen molar-refractivity contribution in [2.45, 2.75) is 58.7 Å². The molecule has 45 heavy (non-hydrogen) atoms. The fourth-order valence-electron chi connectivity index (χ4n) is 6.55. The molecule has 5 rings (SSSR count). The highest BCUT2D eigenvalue weighted by Gasteiger charge is 2.52. The summed E-state index contributed by atoms with van der Waals surface area (Å²) in [6.07, 6.45) is 1.67. The van der Waals surface area contributed by atoms with Gasteiger partial charge in [-0.05, 0) is 46.8 Å². The predicted octanol–water partition coefficient (Wildman–Crippen LogP) is 4.15. The van der Waals surface area contributed by atoms with Crippen molar-refractivity contribution in [2.75, 3.05) is 6.61 Å². The van der Waals surface area contributed by atoms with Crippen LogP contribution in [0.3, 0.4) is 0 Å². The lowest BCUT2D eigenvalue weighted by Crippen LogP contribution is -2.67. The van der Waals surface area contributed by atoms with Crippen LogP contribution < -0.4 is 21.6 Å². The Hall–Kier alpha value is -4.34. The van der Waals surface area contributed by atoms with Crippen molar-refractivity contribution in [1.29, 1.82) is 0 Å². The van der Waals surface area contributed by atoms with Crippen molar-refractivity contribution < 1.29 is 18.8 Å². The van der Waals surface area contributed by atoms with Gasteiger partial charge < -0.3 is 9.16 Å². The van der Waals surface area contributed by atoms with Gasteiger partial charge in [-0.15, -0.1) is 0 Å². The first kappa shape index (κ1) is 32.1. The first-order chi connectivity index (χ1) is 21.4. The minimum atomic E-state index is -2.87. The summed E-state index contributed by atoms with van der Waals surface area (Å²) in [6.45, 7) is 10.2. The summed E-state index contributed by atoms with van der Waals surface area (Å²) in [6, 6.07) is 28.9. The van der Waals surface area contributed by atoms with Gasteiger partial charge in [0.1, 0.15) is 6.10 Å². The number of aromatic nitrogens is 2. The largest absolute Gasteiger partial charge is 0.462 e. The zero-order valence-corrected chi connectivity index (χ0v) is 27.4. The monoisotopic (exact) mass is 624 g/mol. The van der Waals surface area contributed by atoms with E-state index < -0.39 is 25.5 Å². The van der Waals surface area contributed by atoms with Crippen LogP contribution in [0.1, 0.15) is 50.0 Å². The van der Waals surface area contributed by atoms with Crippen LogP contribution in [0, 0.1) is 18.8 Å². The molecule has 4 aromatic rings. The molecule has 0 unspecified atom stereocenters. The van der Waals surface area contributed by atoms with Crippen LogP contribution in [-0.2, 0) is 20.5 Å². The van der Waals surface area contributed by atoms with Crippen LogP contribution in [0.15, 0.2) is 107 Å². The van der Waals surface area contributed by atoms with Crippen LogP contribution in [0.2, 0.25) is 5.04 Å². The molecule has 0 aliphatic heterocycles. The second-order valence-corrected chi connectivity index (χ2v) is 17.1. The molecule has 1 aliphatic rings. The third-order valence-electron chi connectivity index (χ3n) is 8.83. The Morgan fingerprint density at radius 1 is 0.867 bits per heavy atom. The van der Waals surface area contributed by atoms with Gasteiger partial charge in [-0.2, -0.15) is 4.57 Å². The smallest absolute Gasteiger partial charge is 0.338 e. The number of hydrogen-bond acceptors (Lipinski definition) is 6. The van der Waals surface area contributed by atoms with Crippen molar-refractivity contribution in [3.05, 3.63) is 129 Å². The summed E-state index contributed by atoms with van der Waals surface area (Å²) >= 11 is 0. The summed E-state index contributed by atoms with van der Waals surface area (Å²) < 4.78 is 15.1. The van der Waals surface area contributed by atoms with Crippen molar-refractivity contribution in [3.63, 3.8) is 0 Å². The van der Waals surface area contributed by atoms with E-state index in [1.165, 1.54) is 17.7 Å². The lowest BCUT2D eigenvalue weighted by atomic mass is 9.71. The molecule has 1 saturated carbocycles. The third kappa shape index (κ3) is 6.28. The molecule has 3 aromatic carbocycles. The molecule has 0 spiro atoms. The van der Waals surface area contributed by atoms with Crippen LogP contribution in [0.25, 0.3) is 0 Å². The maximum atomic E-state index is 13.6. The Morgan fingerprint density at radius 2 is 1.40 bits per heavy atom. The molecule has 3 atom stereocenters. The molecule has 9 heteroatoms. The van der Waals surface area contributed by atoms with Crippen molar-refractivity contribution in [3.8, 4) is 0 Å². The van der Waals surface area contributed by atoms with E-state index in [0.29, 0.717) is 17.6 Å². The molecule has 8 nitrogen and oxygen atoms in total. The van der Waals surface area contributed by atoms with Gasteiger partial charge in [0, 0.05) is 43.3 Å². The minimum Gasteiger partial charge on any atom is -0.462 e. The fraction of sp³-hybridized carbons (Fsp3) is 0.333. The van der Waals surface area contributed by atoms with Crippen LogP contribution in [-0.4, -0.2) is 42.0 Å². The lowest BCUT2D eigenvalue weighted by Gasteiger charge is -2.48. The van der Waals surface area contributed by atoms with E-state index in [0.717, 1.165) is 10.4 Å². The van der Waals surface area contributed by atoms with Gasteiger partial charge in [-0.3, -0.25) is 19.0 Å². The zero-order valence-electron chi connectivity index (χ0n) is 26.4. The normalized spacial score (nSPS) is 18.2. The number of benzene rings is 3. The molecule has 0 radical (unpaired) electrons. The molecule has 0 amide bonds. The van der Waals surface area contributed by atoms with E-state index in [1.807, 2.05) is 36.4 Å². The lowest BCUT2D eigenvalue weighted by molar-refractivity contribution is -0.164. The van der Waals surface area contributed by atoms with E-state index in [4.69, 9.17) is 9.16 Å². The van der Waals surface area contributed by atoms with Gasteiger partial charge in [0.05, 0.1) is 0 Å².